The Kier molecular flexibility index (Phi) is 5.92. The summed E-state index contributed by atoms with van der Waals surface area (Å²) in [6.45, 7) is 10.9. The van der Waals surface area contributed by atoms with E-state index in [1.807, 2.05) is 36.9 Å². The molecule has 1 N–H and O–H groups in total. The zero-order valence-electron chi connectivity index (χ0n) is 15.6. The number of rotatable bonds is 6. The molecule has 0 fully saturated rings. The topological polar surface area (TPSA) is 49.8 Å². The number of carbonyl (C=O) groups is 1. The number of amides is 1. The van der Waals surface area contributed by atoms with Gasteiger partial charge in [-0.05, 0) is 50.7 Å². The van der Waals surface area contributed by atoms with Gasteiger partial charge >= 0.3 is 0 Å². The lowest BCUT2D eigenvalue weighted by Crippen LogP contribution is -2.40. The molecule has 1 heterocycles. The summed E-state index contributed by atoms with van der Waals surface area (Å²) in [7, 11) is 0. The van der Waals surface area contributed by atoms with E-state index in [0.717, 1.165) is 29.8 Å². The van der Waals surface area contributed by atoms with Gasteiger partial charge in [-0.15, -0.1) is 0 Å². The summed E-state index contributed by atoms with van der Waals surface area (Å²) in [5, 5.41) is 10.2. The maximum atomic E-state index is 12.2. The van der Waals surface area contributed by atoms with Crippen LogP contribution in [0.5, 0.6) is 5.75 Å². The van der Waals surface area contributed by atoms with Crippen molar-refractivity contribution in [3.05, 3.63) is 23.8 Å². The normalized spacial score (nSPS) is 16.3. The maximum Gasteiger partial charge on any atom is 0.227 e. The van der Waals surface area contributed by atoms with Gasteiger partial charge in [-0.25, -0.2) is 0 Å². The third kappa shape index (κ3) is 4.73. The summed E-state index contributed by atoms with van der Waals surface area (Å²) in [6, 6.07) is 5.96. The Balaban J connectivity index is 2.06. The van der Waals surface area contributed by atoms with Crippen molar-refractivity contribution in [1.82, 2.24) is 0 Å². The van der Waals surface area contributed by atoms with Gasteiger partial charge in [-0.3, -0.25) is 4.79 Å². The van der Waals surface area contributed by atoms with E-state index in [2.05, 4.69) is 20.8 Å². The SMILES string of the molecule is CC(C)N1C(=O)CCc2c(OCC(O)CCC(C)(C)C)cccc21. The molecular formula is C20H31NO3. The molecule has 0 saturated heterocycles. The van der Waals surface area contributed by atoms with Gasteiger partial charge in [0.25, 0.3) is 0 Å². The van der Waals surface area contributed by atoms with Crippen LogP contribution in [0.2, 0.25) is 0 Å². The standard InChI is InChI=1S/C20H31NO3/c1-14(2)21-17-7-6-8-18(16(17)9-10-19(21)23)24-13-15(22)11-12-20(3,4)5/h6-8,14-15,22H,9-13H2,1-5H3. The van der Waals surface area contributed by atoms with E-state index in [9.17, 15) is 9.90 Å². The fraction of sp³-hybridized carbons (Fsp3) is 0.650. The number of anilines is 1. The lowest BCUT2D eigenvalue weighted by molar-refractivity contribution is -0.119. The minimum atomic E-state index is -0.466. The molecule has 1 aromatic rings. The zero-order valence-corrected chi connectivity index (χ0v) is 15.6. The number of hydrogen-bond donors (Lipinski definition) is 1. The van der Waals surface area contributed by atoms with E-state index in [1.165, 1.54) is 0 Å². The first kappa shape index (κ1) is 18.8. The molecule has 24 heavy (non-hydrogen) atoms. The molecule has 1 aromatic carbocycles. The molecule has 1 aliphatic rings. The Morgan fingerprint density at radius 3 is 2.58 bits per heavy atom. The summed E-state index contributed by atoms with van der Waals surface area (Å²) in [5.74, 6) is 0.959. The van der Waals surface area contributed by atoms with Crippen molar-refractivity contribution in [2.24, 2.45) is 5.41 Å². The quantitative estimate of drug-likeness (QED) is 0.858. The maximum absolute atomic E-state index is 12.2. The lowest BCUT2D eigenvalue weighted by atomic mass is 9.89. The Morgan fingerprint density at radius 2 is 1.96 bits per heavy atom. The lowest BCUT2D eigenvalue weighted by Gasteiger charge is -2.33. The van der Waals surface area contributed by atoms with Crippen molar-refractivity contribution in [3.63, 3.8) is 0 Å². The summed E-state index contributed by atoms with van der Waals surface area (Å²) in [4.78, 5) is 14.0. The first-order valence-electron chi connectivity index (χ1n) is 8.94. The molecule has 134 valence electrons. The van der Waals surface area contributed by atoms with Crippen LogP contribution in [-0.4, -0.2) is 29.8 Å². The van der Waals surface area contributed by atoms with Gasteiger partial charge in [0.1, 0.15) is 12.4 Å². The molecule has 0 aliphatic carbocycles. The average Bonchev–Trinajstić information content (AvgIpc) is 2.49. The zero-order chi connectivity index (χ0) is 17.9. The molecule has 4 heteroatoms. The van der Waals surface area contributed by atoms with Gasteiger partial charge in [0.15, 0.2) is 0 Å². The Morgan fingerprint density at radius 1 is 1.25 bits per heavy atom. The van der Waals surface area contributed by atoms with Gasteiger partial charge < -0.3 is 14.7 Å². The Labute approximate surface area is 145 Å². The van der Waals surface area contributed by atoms with Crippen LogP contribution in [0.1, 0.15) is 59.4 Å². The van der Waals surface area contributed by atoms with Gasteiger partial charge in [0.05, 0.1) is 11.8 Å². The van der Waals surface area contributed by atoms with Crippen molar-refractivity contribution in [3.8, 4) is 5.75 Å². The van der Waals surface area contributed by atoms with Crippen LogP contribution in [0.3, 0.4) is 0 Å². The highest BCUT2D eigenvalue weighted by atomic mass is 16.5. The van der Waals surface area contributed by atoms with Crippen molar-refractivity contribution >= 4 is 11.6 Å². The number of fused-ring (bicyclic) bond motifs is 1. The number of hydrogen-bond acceptors (Lipinski definition) is 3. The predicted molar refractivity (Wildman–Crippen MR) is 97.6 cm³/mol. The molecular weight excluding hydrogens is 302 g/mol. The van der Waals surface area contributed by atoms with Gasteiger partial charge in [0.2, 0.25) is 5.91 Å². The average molecular weight is 333 g/mol. The molecule has 0 saturated carbocycles. The molecule has 0 aromatic heterocycles. The fourth-order valence-corrected chi connectivity index (χ4v) is 3.09. The molecule has 0 spiro atoms. The van der Waals surface area contributed by atoms with Crippen molar-refractivity contribution in [1.29, 1.82) is 0 Å². The van der Waals surface area contributed by atoms with E-state index in [4.69, 9.17) is 4.74 Å². The van der Waals surface area contributed by atoms with Crippen LogP contribution >= 0.6 is 0 Å². The van der Waals surface area contributed by atoms with E-state index in [1.54, 1.807) is 0 Å². The number of ether oxygens (including phenoxy) is 1. The number of benzene rings is 1. The molecule has 1 aliphatic heterocycles. The molecule has 0 radical (unpaired) electrons. The fourth-order valence-electron chi connectivity index (χ4n) is 3.09. The molecule has 1 atom stereocenters. The Hall–Kier alpha value is -1.55. The minimum Gasteiger partial charge on any atom is -0.491 e. The molecule has 1 amide bonds. The second-order valence-corrected chi connectivity index (χ2v) is 8.18. The highest BCUT2D eigenvalue weighted by Gasteiger charge is 2.28. The van der Waals surface area contributed by atoms with Gasteiger partial charge in [-0.1, -0.05) is 26.8 Å². The molecule has 2 rings (SSSR count). The Bertz CT molecular complexity index is 575. The largest absolute Gasteiger partial charge is 0.491 e. The summed E-state index contributed by atoms with van der Waals surface area (Å²) >= 11 is 0. The smallest absolute Gasteiger partial charge is 0.227 e. The molecule has 0 bridgehead atoms. The third-order valence-corrected chi connectivity index (χ3v) is 4.40. The van der Waals surface area contributed by atoms with Crippen LogP contribution in [0.4, 0.5) is 5.69 Å². The predicted octanol–water partition coefficient (Wildman–Crippen LogP) is 3.94. The van der Waals surface area contributed by atoms with Crippen LogP contribution in [0, 0.1) is 5.41 Å². The second-order valence-electron chi connectivity index (χ2n) is 8.18. The summed E-state index contributed by atoms with van der Waals surface area (Å²) in [5.41, 5.74) is 2.24. The summed E-state index contributed by atoms with van der Waals surface area (Å²) in [6.07, 6.45) is 2.44. The van der Waals surface area contributed by atoms with Crippen molar-refractivity contribution < 1.29 is 14.6 Å². The van der Waals surface area contributed by atoms with Gasteiger partial charge in [-0.2, -0.15) is 0 Å². The molecule has 4 nitrogen and oxygen atoms in total. The van der Waals surface area contributed by atoms with E-state index in [-0.39, 0.29) is 17.4 Å². The van der Waals surface area contributed by atoms with E-state index < -0.39 is 6.10 Å². The van der Waals surface area contributed by atoms with Crippen LogP contribution < -0.4 is 9.64 Å². The number of aliphatic hydroxyl groups is 1. The van der Waals surface area contributed by atoms with Crippen LogP contribution in [0.25, 0.3) is 0 Å². The molecule has 1 unspecified atom stereocenters. The van der Waals surface area contributed by atoms with E-state index >= 15 is 0 Å². The monoisotopic (exact) mass is 333 g/mol. The van der Waals surface area contributed by atoms with Crippen LogP contribution in [0.15, 0.2) is 18.2 Å². The van der Waals surface area contributed by atoms with Crippen molar-refractivity contribution in [2.45, 2.75) is 72.4 Å². The van der Waals surface area contributed by atoms with E-state index in [0.29, 0.717) is 19.4 Å². The highest BCUT2D eigenvalue weighted by molar-refractivity contribution is 5.97. The third-order valence-electron chi connectivity index (χ3n) is 4.40. The number of nitrogens with zero attached hydrogens (tertiary/aromatic N) is 1. The van der Waals surface area contributed by atoms with Gasteiger partial charge in [0, 0.05) is 18.0 Å². The number of aliphatic hydroxyl groups excluding tert-OH is 1. The number of carbonyl (C=O) groups excluding carboxylic acids is 1. The summed E-state index contributed by atoms with van der Waals surface area (Å²) < 4.78 is 5.91. The second kappa shape index (κ2) is 7.56. The first-order chi connectivity index (χ1) is 11.2. The highest BCUT2D eigenvalue weighted by Crippen LogP contribution is 2.36. The first-order valence-corrected chi connectivity index (χ1v) is 8.94. The van der Waals surface area contributed by atoms with Crippen molar-refractivity contribution in [2.75, 3.05) is 11.5 Å². The minimum absolute atomic E-state index is 0.129. The van der Waals surface area contributed by atoms with Crippen LogP contribution in [-0.2, 0) is 11.2 Å².